The monoisotopic (exact) mass is 382 g/mol. The van der Waals surface area contributed by atoms with Gasteiger partial charge in [-0.15, -0.1) is 0 Å². The summed E-state index contributed by atoms with van der Waals surface area (Å²) in [6, 6.07) is 0. The molecule has 1 fully saturated rings. The highest BCUT2D eigenvalue weighted by Gasteiger charge is 2.44. The van der Waals surface area contributed by atoms with Crippen molar-refractivity contribution in [2.75, 3.05) is 13.7 Å². The molecule has 0 aromatic heterocycles. The van der Waals surface area contributed by atoms with Gasteiger partial charge in [0.2, 0.25) is 11.6 Å². The lowest BCUT2D eigenvalue weighted by Crippen LogP contribution is -2.46. The van der Waals surface area contributed by atoms with Gasteiger partial charge in [0.1, 0.15) is 23.6 Å². The van der Waals surface area contributed by atoms with Crippen molar-refractivity contribution in [2.24, 2.45) is 29.6 Å². The molecule has 0 radical (unpaired) electrons. The zero-order chi connectivity index (χ0) is 20.3. The average Bonchev–Trinajstić information content (AvgIpc) is 2.78. The number of hydrogen-bond donors (Lipinski definition) is 3. The first kappa shape index (κ1) is 21.7. The molecule has 7 heteroatoms. The van der Waals surface area contributed by atoms with E-state index in [1.807, 2.05) is 6.92 Å². The predicted molar refractivity (Wildman–Crippen MR) is 96.5 cm³/mol. The molecule has 7 atom stereocenters. The molecule has 0 amide bonds. The van der Waals surface area contributed by atoms with Crippen LogP contribution in [0.1, 0.15) is 39.5 Å². The number of rotatable bonds is 6. The number of Topliss-reactive ketones (excluding diaryl/α,β-unsaturated/α-hetero) is 3. The topological polar surface area (TPSA) is 121 Å². The van der Waals surface area contributed by atoms with E-state index in [9.17, 15) is 29.7 Å². The normalized spacial score (nSPS) is 35.8. The van der Waals surface area contributed by atoms with Crippen molar-refractivity contribution in [3.63, 3.8) is 0 Å². The highest BCUT2D eigenvalue weighted by Crippen LogP contribution is 2.34. The molecular weight excluding hydrogens is 352 g/mol. The molecule has 2 rings (SSSR count). The molecule has 0 saturated heterocycles. The number of methoxy groups -OCH3 is 1. The van der Waals surface area contributed by atoms with Crippen molar-refractivity contribution in [3.05, 3.63) is 11.8 Å². The van der Waals surface area contributed by atoms with Gasteiger partial charge in [0.15, 0.2) is 0 Å². The van der Waals surface area contributed by atoms with Gasteiger partial charge < -0.3 is 20.1 Å². The summed E-state index contributed by atoms with van der Waals surface area (Å²) in [6.07, 6.45) is 0.916. The smallest absolute Gasteiger partial charge is 0.211 e. The van der Waals surface area contributed by atoms with E-state index in [1.54, 1.807) is 13.0 Å². The van der Waals surface area contributed by atoms with Crippen molar-refractivity contribution < 1.29 is 34.4 Å². The summed E-state index contributed by atoms with van der Waals surface area (Å²) in [6.45, 7) is 3.29. The molecular formula is C20H30O7. The Kier molecular flexibility index (Phi) is 7.31. The number of hydrogen-bond acceptors (Lipinski definition) is 7. The number of ether oxygens (including phenoxy) is 1. The summed E-state index contributed by atoms with van der Waals surface area (Å²) in [5, 5.41) is 29.6. The van der Waals surface area contributed by atoms with Crippen LogP contribution in [-0.4, -0.2) is 58.6 Å². The lowest BCUT2D eigenvalue weighted by Gasteiger charge is -2.31. The van der Waals surface area contributed by atoms with Crippen LogP contribution in [0.4, 0.5) is 0 Å². The zero-order valence-electron chi connectivity index (χ0n) is 16.1. The minimum atomic E-state index is -1.33. The third-order valence-corrected chi connectivity index (χ3v) is 6.06. The molecule has 2 aliphatic carbocycles. The van der Waals surface area contributed by atoms with Gasteiger partial charge in [-0.2, -0.15) is 0 Å². The molecule has 0 aromatic rings. The fraction of sp³-hybridized carbons (Fsp3) is 0.750. The Balaban J connectivity index is 2.11. The molecule has 0 heterocycles. The van der Waals surface area contributed by atoms with E-state index in [1.165, 1.54) is 7.11 Å². The largest absolute Gasteiger partial charge is 0.499 e. The van der Waals surface area contributed by atoms with Gasteiger partial charge in [-0.3, -0.25) is 14.4 Å². The summed E-state index contributed by atoms with van der Waals surface area (Å²) >= 11 is 0. The number of aliphatic hydroxyl groups is 3. The van der Waals surface area contributed by atoms with Gasteiger partial charge >= 0.3 is 0 Å². The van der Waals surface area contributed by atoms with Crippen LogP contribution in [-0.2, 0) is 19.1 Å². The van der Waals surface area contributed by atoms with Crippen LogP contribution in [0.25, 0.3) is 0 Å². The second kappa shape index (κ2) is 9.08. The maximum Gasteiger partial charge on any atom is 0.211 e. The molecule has 2 aliphatic rings. The average molecular weight is 382 g/mol. The van der Waals surface area contributed by atoms with Crippen molar-refractivity contribution in [2.45, 2.75) is 51.7 Å². The summed E-state index contributed by atoms with van der Waals surface area (Å²) < 4.78 is 5.19. The zero-order valence-corrected chi connectivity index (χ0v) is 16.1. The molecule has 3 N–H and O–H groups in total. The SMILES string of the molecule is COC1=CCC(C(C)C(=O)C(=O)C2C(=O)CC(CO)CC2O)CC(C)C1O. The van der Waals surface area contributed by atoms with E-state index in [4.69, 9.17) is 4.74 Å². The van der Waals surface area contributed by atoms with Crippen LogP contribution in [0.15, 0.2) is 11.8 Å². The fourth-order valence-corrected chi connectivity index (χ4v) is 4.22. The molecule has 7 unspecified atom stereocenters. The quantitative estimate of drug-likeness (QED) is 0.455. The van der Waals surface area contributed by atoms with Crippen molar-refractivity contribution in [1.82, 2.24) is 0 Å². The molecule has 0 bridgehead atoms. The third kappa shape index (κ3) is 4.65. The Morgan fingerprint density at radius 3 is 2.52 bits per heavy atom. The van der Waals surface area contributed by atoms with Crippen molar-refractivity contribution in [1.29, 1.82) is 0 Å². The van der Waals surface area contributed by atoms with Gasteiger partial charge in [0, 0.05) is 18.9 Å². The molecule has 0 aromatic carbocycles. The Morgan fingerprint density at radius 2 is 1.96 bits per heavy atom. The number of ketones is 3. The van der Waals surface area contributed by atoms with Crippen LogP contribution in [0.2, 0.25) is 0 Å². The minimum Gasteiger partial charge on any atom is -0.499 e. The van der Waals surface area contributed by atoms with Crippen LogP contribution in [0.5, 0.6) is 0 Å². The highest BCUT2D eigenvalue weighted by atomic mass is 16.5. The van der Waals surface area contributed by atoms with Gasteiger partial charge in [0.05, 0.1) is 13.2 Å². The molecule has 0 aliphatic heterocycles. The Hall–Kier alpha value is -1.57. The lowest BCUT2D eigenvalue weighted by atomic mass is 9.73. The summed E-state index contributed by atoms with van der Waals surface area (Å²) in [4.78, 5) is 37.7. The third-order valence-electron chi connectivity index (χ3n) is 6.06. The number of aliphatic hydroxyl groups excluding tert-OH is 3. The first-order valence-electron chi connectivity index (χ1n) is 9.52. The van der Waals surface area contributed by atoms with Crippen LogP contribution >= 0.6 is 0 Å². The number of carbonyl (C=O) groups excluding carboxylic acids is 3. The highest BCUT2D eigenvalue weighted by molar-refractivity contribution is 6.42. The van der Waals surface area contributed by atoms with Crippen LogP contribution < -0.4 is 0 Å². The van der Waals surface area contributed by atoms with E-state index < -0.39 is 41.4 Å². The van der Waals surface area contributed by atoms with E-state index in [2.05, 4.69) is 0 Å². The van der Waals surface area contributed by atoms with Gasteiger partial charge in [-0.05, 0) is 43.1 Å². The first-order chi connectivity index (χ1) is 12.7. The maximum atomic E-state index is 12.8. The van der Waals surface area contributed by atoms with E-state index in [0.29, 0.717) is 18.6 Å². The molecule has 27 heavy (non-hydrogen) atoms. The molecule has 0 spiro atoms. The van der Waals surface area contributed by atoms with E-state index >= 15 is 0 Å². The van der Waals surface area contributed by atoms with E-state index in [0.717, 1.165) is 0 Å². The van der Waals surface area contributed by atoms with Gasteiger partial charge in [-0.1, -0.05) is 13.8 Å². The van der Waals surface area contributed by atoms with Crippen molar-refractivity contribution in [3.8, 4) is 0 Å². The van der Waals surface area contributed by atoms with Crippen molar-refractivity contribution >= 4 is 17.3 Å². The lowest BCUT2D eigenvalue weighted by molar-refractivity contribution is -0.151. The van der Waals surface area contributed by atoms with Crippen LogP contribution in [0.3, 0.4) is 0 Å². The van der Waals surface area contributed by atoms with Gasteiger partial charge in [-0.25, -0.2) is 0 Å². The summed E-state index contributed by atoms with van der Waals surface area (Å²) in [5.74, 6) is -4.15. The maximum absolute atomic E-state index is 12.8. The number of carbonyl (C=O) groups is 3. The summed E-state index contributed by atoms with van der Waals surface area (Å²) in [5.41, 5.74) is 0. The molecule has 7 nitrogen and oxygen atoms in total. The molecule has 1 saturated carbocycles. The van der Waals surface area contributed by atoms with Gasteiger partial charge in [0.25, 0.3) is 0 Å². The van der Waals surface area contributed by atoms with Crippen LogP contribution in [0, 0.1) is 29.6 Å². The molecule has 152 valence electrons. The summed E-state index contributed by atoms with van der Waals surface area (Å²) in [7, 11) is 1.48. The Bertz CT molecular complexity index is 611. The standard InChI is InChI=1S/C20H30O7/c1-10-6-13(4-5-16(27-3)18(10)24)11(2)19(25)20(26)17-14(22)7-12(9-21)8-15(17)23/h5,10-14,17-18,21-22,24H,4,6-9H2,1-3H3. The second-order valence-electron chi connectivity index (χ2n) is 7.98. The number of allylic oxidation sites excluding steroid dienone is 1. The Labute approximate surface area is 159 Å². The minimum absolute atomic E-state index is 0.00177. The predicted octanol–water partition coefficient (Wildman–Crippen LogP) is 0.646. The van der Waals surface area contributed by atoms with E-state index in [-0.39, 0.29) is 37.2 Å². The Morgan fingerprint density at radius 1 is 1.30 bits per heavy atom. The fourth-order valence-electron chi connectivity index (χ4n) is 4.22. The first-order valence-corrected chi connectivity index (χ1v) is 9.52. The second-order valence-corrected chi connectivity index (χ2v) is 7.98.